The first kappa shape index (κ1) is 12.4. The lowest BCUT2D eigenvalue weighted by Gasteiger charge is -2.15. The summed E-state index contributed by atoms with van der Waals surface area (Å²) in [5.74, 6) is 0.0353. The second-order valence-corrected chi connectivity index (χ2v) is 5.95. The van der Waals surface area contributed by atoms with Crippen molar-refractivity contribution >= 4 is 17.2 Å². The Kier molecular flexibility index (Phi) is 3.38. The first-order valence-corrected chi connectivity index (χ1v) is 7.52. The quantitative estimate of drug-likeness (QED) is 0.905. The number of aryl methyl sites for hydroxylation is 1. The minimum Gasteiger partial charge on any atom is -0.345 e. The van der Waals surface area contributed by atoms with Crippen molar-refractivity contribution in [3.63, 3.8) is 0 Å². The monoisotopic (exact) mass is 275 g/mol. The molecular weight excluding hydrogens is 258 g/mol. The van der Waals surface area contributed by atoms with Crippen LogP contribution in [0.1, 0.15) is 52.2 Å². The number of thiophene rings is 1. The van der Waals surface area contributed by atoms with Crippen LogP contribution in [0.15, 0.2) is 17.8 Å². The number of nitrogens with zero attached hydrogens (tertiary/aromatic N) is 1. The van der Waals surface area contributed by atoms with Gasteiger partial charge in [0.15, 0.2) is 0 Å². The zero-order chi connectivity index (χ0) is 13.2. The van der Waals surface area contributed by atoms with Crippen LogP contribution >= 0.6 is 11.3 Å². The molecule has 1 atom stereocenters. The van der Waals surface area contributed by atoms with E-state index in [0.29, 0.717) is 0 Å². The minimum absolute atomic E-state index is 0.0228. The smallest absolute Gasteiger partial charge is 0.252 e. The maximum atomic E-state index is 12.3. The molecule has 0 aliphatic heterocycles. The number of aromatic nitrogens is 2. The highest BCUT2D eigenvalue weighted by Gasteiger charge is 2.21. The first-order chi connectivity index (χ1) is 9.25. The van der Waals surface area contributed by atoms with E-state index in [1.165, 1.54) is 23.3 Å². The molecule has 2 aromatic rings. The number of hydrogen-bond donors (Lipinski definition) is 2. The van der Waals surface area contributed by atoms with E-state index in [-0.39, 0.29) is 11.9 Å². The maximum Gasteiger partial charge on any atom is 0.252 e. The van der Waals surface area contributed by atoms with Gasteiger partial charge in [0.05, 0.1) is 17.8 Å². The van der Waals surface area contributed by atoms with E-state index in [0.717, 1.165) is 24.0 Å². The van der Waals surface area contributed by atoms with Crippen LogP contribution in [0.2, 0.25) is 0 Å². The van der Waals surface area contributed by atoms with E-state index in [1.54, 1.807) is 17.5 Å². The summed E-state index contributed by atoms with van der Waals surface area (Å²) in [6, 6.07) is -0.0228. The van der Waals surface area contributed by atoms with Gasteiger partial charge in [0.1, 0.15) is 0 Å². The molecule has 0 saturated carbocycles. The summed E-state index contributed by atoms with van der Waals surface area (Å²) in [7, 11) is 0. The fraction of sp³-hybridized carbons (Fsp3) is 0.429. The highest BCUT2D eigenvalue weighted by Crippen LogP contribution is 2.30. The molecule has 1 aliphatic rings. The molecule has 1 amide bonds. The van der Waals surface area contributed by atoms with Gasteiger partial charge >= 0.3 is 0 Å². The Labute approximate surface area is 116 Å². The average Bonchev–Trinajstić information content (AvgIpc) is 3.08. The summed E-state index contributed by atoms with van der Waals surface area (Å²) in [6.45, 7) is 1.97. The summed E-state index contributed by atoms with van der Waals surface area (Å²) >= 11 is 1.73. The molecule has 0 fully saturated rings. The van der Waals surface area contributed by atoms with Crippen molar-refractivity contribution in [3.8, 4) is 0 Å². The van der Waals surface area contributed by atoms with Gasteiger partial charge in [-0.3, -0.25) is 9.89 Å². The summed E-state index contributed by atoms with van der Waals surface area (Å²) < 4.78 is 0. The number of carbonyl (C=O) groups excluding carboxylic acids is 1. The van der Waals surface area contributed by atoms with E-state index >= 15 is 0 Å². The lowest BCUT2D eigenvalue weighted by atomic mass is 9.95. The third-order valence-electron chi connectivity index (χ3n) is 3.67. The van der Waals surface area contributed by atoms with Crippen molar-refractivity contribution in [2.45, 2.75) is 38.6 Å². The first-order valence-electron chi connectivity index (χ1n) is 6.64. The van der Waals surface area contributed by atoms with E-state index in [2.05, 4.69) is 15.5 Å². The largest absolute Gasteiger partial charge is 0.345 e. The van der Waals surface area contributed by atoms with Crippen LogP contribution in [-0.4, -0.2) is 16.1 Å². The maximum absolute atomic E-state index is 12.3. The van der Waals surface area contributed by atoms with Gasteiger partial charge in [0.2, 0.25) is 0 Å². The summed E-state index contributed by atoms with van der Waals surface area (Å²) in [5, 5.41) is 11.7. The Hall–Kier alpha value is -1.62. The van der Waals surface area contributed by atoms with E-state index < -0.39 is 0 Å². The SMILES string of the molecule is CC(NC(=O)c1csc2c1CCCC2)c1cn[nH]c1. The molecule has 1 unspecified atom stereocenters. The highest BCUT2D eigenvalue weighted by atomic mass is 32.1. The lowest BCUT2D eigenvalue weighted by Crippen LogP contribution is -2.27. The van der Waals surface area contributed by atoms with Crippen molar-refractivity contribution in [2.75, 3.05) is 0 Å². The van der Waals surface area contributed by atoms with Crippen LogP contribution in [0.4, 0.5) is 0 Å². The second-order valence-electron chi connectivity index (χ2n) is 4.98. The van der Waals surface area contributed by atoms with E-state index in [1.807, 2.05) is 18.5 Å². The summed E-state index contributed by atoms with van der Waals surface area (Å²) in [5.41, 5.74) is 3.14. The number of carbonyl (C=O) groups is 1. The topological polar surface area (TPSA) is 57.8 Å². The van der Waals surface area contributed by atoms with Crippen molar-refractivity contribution < 1.29 is 4.79 Å². The number of fused-ring (bicyclic) bond motifs is 1. The number of amides is 1. The van der Waals surface area contributed by atoms with Gasteiger partial charge in [0.25, 0.3) is 5.91 Å². The van der Waals surface area contributed by atoms with Gasteiger partial charge in [-0.15, -0.1) is 11.3 Å². The molecule has 5 heteroatoms. The average molecular weight is 275 g/mol. The van der Waals surface area contributed by atoms with Crippen LogP contribution < -0.4 is 5.32 Å². The van der Waals surface area contributed by atoms with Crippen molar-refractivity contribution in [2.24, 2.45) is 0 Å². The molecule has 2 heterocycles. The molecule has 19 heavy (non-hydrogen) atoms. The Balaban J connectivity index is 1.75. The lowest BCUT2D eigenvalue weighted by molar-refractivity contribution is 0.0939. The van der Waals surface area contributed by atoms with Crippen LogP contribution in [-0.2, 0) is 12.8 Å². The molecule has 2 aromatic heterocycles. The number of aromatic amines is 1. The standard InChI is InChI=1S/C14H17N3OS/c1-9(10-6-15-16-7-10)17-14(18)12-8-19-13-5-3-2-4-11(12)13/h6-9H,2-5H2,1H3,(H,15,16)(H,17,18). The van der Waals surface area contributed by atoms with Gasteiger partial charge in [-0.1, -0.05) is 0 Å². The molecule has 0 radical (unpaired) electrons. The minimum atomic E-state index is -0.0228. The zero-order valence-electron chi connectivity index (χ0n) is 10.9. The Morgan fingerprint density at radius 1 is 1.47 bits per heavy atom. The Morgan fingerprint density at radius 2 is 2.32 bits per heavy atom. The van der Waals surface area contributed by atoms with Crippen molar-refractivity contribution in [1.82, 2.24) is 15.5 Å². The number of hydrogen-bond acceptors (Lipinski definition) is 3. The van der Waals surface area contributed by atoms with Crippen LogP contribution in [0.3, 0.4) is 0 Å². The van der Waals surface area contributed by atoms with Gasteiger partial charge in [0, 0.05) is 22.0 Å². The molecule has 0 bridgehead atoms. The Bertz CT molecular complexity index is 574. The molecule has 4 nitrogen and oxygen atoms in total. The fourth-order valence-corrected chi connectivity index (χ4v) is 3.67. The van der Waals surface area contributed by atoms with Gasteiger partial charge in [-0.05, 0) is 38.2 Å². The zero-order valence-corrected chi connectivity index (χ0v) is 11.7. The predicted octanol–water partition coefficient (Wildman–Crippen LogP) is 2.84. The third kappa shape index (κ3) is 2.42. The molecule has 1 aliphatic carbocycles. The molecule has 0 aromatic carbocycles. The van der Waals surface area contributed by atoms with Crippen molar-refractivity contribution in [3.05, 3.63) is 39.3 Å². The predicted molar refractivity (Wildman–Crippen MR) is 75.4 cm³/mol. The number of H-pyrrole nitrogens is 1. The third-order valence-corrected chi connectivity index (χ3v) is 4.76. The number of nitrogens with one attached hydrogen (secondary N) is 2. The van der Waals surface area contributed by atoms with Crippen molar-refractivity contribution in [1.29, 1.82) is 0 Å². The summed E-state index contributed by atoms with van der Waals surface area (Å²) in [6.07, 6.45) is 8.18. The summed E-state index contributed by atoms with van der Waals surface area (Å²) in [4.78, 5) is 13.7. The molecule has 0 spiro atoms. The highest BCUT2D eigenvalue weighted by molar-refractivity contribution is 7.10. The fourth-order valence-electron chi connectivity index (χ4n) is 2.54. The van der Waals surface area contributed by atoms with E-state index in [4.69, 9.17) is 0 Å². The van der Waals surface area contributed by atoms with Crippen LogP contribution in [0.5, 0.6) is 0 Å². The normalized spacial score (nSPS) is 15.8. The molecule has 100 valence electrons. The molecule has 3 rings (SSSR count). The molecule has 0 saturated heterocycles. The molecule has 2 N–H and O–H groups in total. The van der Waals surface area contributed by atoms with Gasteiger partial charge < -0.3 is 5.32 Å². The second kappa shape index (κ2) is 5.17. The van der Waals surface area contributed by atoms with Crippen LogP contribution in [0, 0.1) is 0 Å². The Morgan fingerprint density at radius 3 is 3.11 bits per heavy atom. The molecular formula is C14H17N3OS. The van der Waals surface area contributed by atoms with Gasteiger partial charge in [-0.2, -0.15) is 5.10 Å². The van der Waals surface area contributed by atoms with Gasteiger partial charge in [-0.25, -0.2) is 0 Å². The number of rotatable bonds is 3. The van der Waals surface area contributed by atoms with Crippen LogP contribution in [0.25, 0.3) is 0 Å². The van der Waals surface area contributed by atoms with E-state index in [9.17, 15) is 4.79 Å².